The summed E-state index contributed by atoms with van der Waals surface area (Å²) in [6, 6.07) is 15.2. The normalized spacial score (nSPS) is 14.3. The van der Waals surface area contributed by atoms with Crippen molar-refractivity contribution in [3.05, 3.63) is 75.6 Å². The molecular formula is C19H15N3O2. The van der Waals surface area contributed by atoms with Crippen molar-refractivity contribution in [3.63, 3.8) is 0 Å². The average Bonchev–Trinajstić information content (AvgIpc) is 3.12. The van der Waals surface area contributed by atoms with Gasteiger partial charge in [0, 0.05) is 17.4 Å². The molecule has 1 aromatic heterocycles. The molecule has 1 aliphatic heterocycles. The van der Waals surface area contributed by atoms with Gasteiger partial charge in [0.05, 0.1) is 11.4 Å². The lowest BCUT2D eigenvalue weighted by atomic mass is 10.1. The zero-order chi connectivity index (χ0) is 16.7. The largest absolute Gasteiger partial charge is 0.493 e. The van der Waals surface area contributed by atoms with Gasteiger partial charge in [0.2, 0.25) is 5.88 Å². The van der Waals surface area contributed by atoms with E-state index < -0.39 is 0 Å². The molecule has 0 radical (unpaired) electrons. The Morgan fingerprint density at radius 1 is 1.12 bits per heavy atom. The van der Waals surface area contributed by atoms with Crippen LogP contribution in [0.2, 0.25) is 0 Å². The van der Waals surface area contributed by atoms with E-state index in [1.165, 1.54) is 4.68 Å². The van der Waals surface area contributed by atoms with Crippen LogP contribution in [0.3, 0.4) is 0 Å². The lowest BCUT2D eigenvalue weighted by Gasteiger charge is -2.04. The maximum Gasteiger partial charge on any atom is 0.275 e. The first kappa shape index (κ1) is 14.3. The zero-order valence-corrected chi connectivity index (χ0v) is 13.0. The minimum atomic E-state index is -0.349. The van der Waals surface area contributed by atoms with E-state index in [0.29, 0.717) is 5.69 Å². The number of nitrogens with zero attached hydrogens (tertiary/aromatic N) is 2. The van der Waals surface area contributed by atoms with Crippen LogP contribution in [-0.2, 0) is 0 Å². The molecule has 0 bridgehead atoms. The Morgan fingerprint density at radius 3 is 2.67 bits per heavy atom. The summed E-state index contributed by atoms with van der Waals surface area (Å²) in [5.74, 6) is -0.117. The van der Waals surface area contributed by atoms with Gasteiger partial charge in [-0.3, -0.25) is 14.9 Å². The summed E-state index contributed by atoms with van der Waals surface area (Å²) in [6.45, 7) is 1.98. The SMILES string of the molecule is Cc1ccc(-n2[nH]c(=O)c(C=C3C=Nc4ccccc43)c2O)cc1. The molecule has 2 heterocycles. The number of aryl methyl sites for hydroxylation is 1. The third-order valence-corrected chi connectivity index (χ3v) is 4.06. The predicted octanol–water partition coefficient (Wildman–Crippen LogP) is 3.44. The predicted molar refractivity (Wildman–Crippen MR) is 95.3 cm³/mol. The Labute approximate surface area is 138 Å². The number of hydrogen-bond acceptors (Lipinski definition) is 3. The highest BCUT2D eigenvalue weighted by atomic mass is 16.3. The molecule has 3 aromatic rings. The van der Waals surface area contributed by atoms with Crippen LogP contribution >= 0.6 is 0 Å². The summed E-state index contributed by atoms with van der Waals surface area (Å²) in [5, 5.41) is 13.2. The molecule has 0 aliphatic carbocycles. The van der Waals surface area contributed by atoms with E-state index >= 15 is 0 Å². The van der Waals surface area contributed by atoms with Crippen LogP contribution in [0.4, 0.5) is 5.69 Å². The summed E-state index contributed by atoms with van der Waals surface area (Å²) in [4.78, 5) is 16.6. The fraction of sp³-hybridized carbons (Fsp3) is 0.0526. The zero-order valence-electron chi connectivity index (χ0n) is 13.0. The third kappa shape index (κ3) is 2.27. The number of allylic oxidation sites excluding steroid dienone is 1. The fourth-order valence-electron chi connectivity index (χ4n) is 2.76. The molecule has 0 fully saturated rings. The highest BCUT2D eigenvalue weighted by Crippen LogP contribution is 2.33. The number of aromatic amines is 1. The molecule has 0 atom stereocenters. The molecule has 0 saturated heterocycles. The third-order valence-electron chi connectivity index (χ3n) is 4.06. The van der Waals surface area contributed by atoms with Crippen molar-refractivity contribution in [1.82, 2.24) is 9.78 Å². The van der Waals surface area contributed by atoms with E-state index in [9.17, 15) is 9.90 Å². The Balaban J connectivity index is 1.81. The lowest BCUT2D eigenvalue weighted by Crippen LogP contribution is -2.05. The quantitative estimate of drug-likeness (QED) is 0.760. The van der Waals surface area contributed by atoms with Crippen LogP contribution in [-0.4, -0.2) is 21.1 Å². The number of benzene rings is 2. The second-order valence-electron chi connectivity index (χ2n) is 5.72. The van der Waals surface area contributed by atoms with Crippen LogP contribution in [0.15, 0.2) is 58.3 Å². The van der Waals surface area contributed by atoms with Crippen molar-refractivity contribution in [2.45, 2.75) is 6.92 Å². The van der Waals surface area contributed by atoms with Crippen LogP contribution in [0.5, 0.6) is 5.88 Å². The number of para-hydroxylation sites is 1. The van der Waals surface area contributed by atoms with E-state index in [2.05, 4.69) is 10.1 Å². The lowest BCUT2D eigenvalue weighted by molar-refractivity contribution is 0.432. The van der Waals surface area contributed by atoms with Crippen molar-refractivity contribution in [2.75, 3.05) is 0 Å². The fourth-order valence-corrected chi connectivity index (χ4v) is 2.76. The Bertz CT molecular complexity index is 1040. The molecule has 5 nitrogen and oxygen atoms in total. The standard InChI is InChI=1S/C19H15N3O2/c1-12-6-8-14(9-7-12)22-19(24)16(18(23)21-22)10-13-11-20-17-5-3-2-4-15(13)17/h2-11,24H,1H3,(H,21,23). The molecular weight excluding hydrogens is 302 g/mol. The molecule has 0 unspecified atom stereocenters. The van der Waals surface area contributed by atoms with E-state index in [1.54, 1.807) is 12.3 Å². The van der Waals surface area contributed by atoms with Gasteiger partial charge in [0.1, 0.15) is 5.56 Å². The molecule has 0 saturated carbocycles. The molecule has 1 aliphatic rings. The Morgan fingerprint density at radius 2 is 1.88 bits per heavy atom. The van der Waals surface area contributed by atoms with Crippen LogP contribution in [0.1, 0.15) is 16.7 Å². The maximum atomic E-state index is 12.3. The monoisotopic (exact) mass is 317 g/mol. The van der Waals surface area contributed by atoms with Crippen molar-refractivity contribution in [3.8, 4) is 11.6 Å². The molecule has 5 heteroatoms. The first-order valence-corrected chi connectivity index (χ1v) is 7.60. The van der Waals surface area contributed by atoms with Crippen LogP contribution in [0.25, 0.3) is 17.3 Å². The van der Waals surface area contributed by atoms with Crippen molar-refractivity contribution < 1.29 is 5.11 Å². The van der Waals surface area contributed by atoms with Gasteiger partial charge in [-0.05, 0) is 31.2 Å². The molecule has 0 amide bonds. The number of aliphatic imine (C=N–C) groups is 1. The number of H-pyrrole nitrogens is 1. The van der Waals surface area contributed by atoms with E-state index in [0.717, 1.165) is 22.4 Å². The summed E-state index contributed by atoms with van der Waals surface area (Å²) in [5.41, 5.74) is 4.27. The van der Waals surface area contributed by atoms with Crippen molar-refractivity contribution >= 4 is 23.6 Å². The molecule has 0 spiro atoms. The summed E-state index contributed by atoms with van der Waals surface area (Å²) in [6.07, 6.45) is 3.36. The maximum absolute atomic E-state index is 12.3. The highest BCUT2D eigenvalue weighted by molar-refractivity contribution is 6.21. The summed E-state index contributed by atoms with van der Waals surface area (Å²) >= 11 is 0. The summed E-state index contributed by atoms with van der Waals surface area (Å²) in [7, 11) is 0. The smallest absolute Gasteiger partial charge is 0.275 e. The number of aromatic nitrogens is 2. The first-order chi connectivity index (χ1) is 11.6. The number of aromatic hydroxyl groups is 1. The van der Waals surface area contributed by atoms with Gasteiger partial charge in [-0.25, -0.2) is 4.68 Å². The number of nitrogens with one attached hydrogen (secondary N) is 1. The topological polar surface area (TPSA) is 70.4 Å². The number of fused-ring (bicyclic) bond motifs is 1. The van der Waals surface area contributed by atoms with Gasteiger partial charge >= 0.3 is 0 Å². The second kappa shape index (κ2) is 5.38. The van der Waals surface area contributed by atoms with Gasteiger partial charge < -0.3 is 5.11 Å². The first-order valence-electron chi connectivity index (χ1n) is 7.60. The Hall–Kier alpha value is -3.34. The van der Waals surface area contributed by atoms with Gasteiger partial charge in [-0.2, -0.15) is 0 Å². The Kier molecular flexibility index (Phi) is 3.20. The van der Waals surface area contributed by atoms with Gasteiger partial charge in [-0.15, -0.1) is 0 Å². The minimum Gasteiger partial charge on any atom is -0.493 e. The molecule has 24 heavy (non-hydrogen) atoms. The van der Waals surface area contributed by atoms with E-state index in [-0.39, 0.29) is 17.0 Å². The van der Waals surface area contributed by atoms with Gasteiger partial charge in [0.25, 0.3) is 5.56 Å². The van der Waals surface area contributed by atoms with Crippen molar-refractivity contribution in [2.24, 2.45) is 4.99 Å². The highest BCUT2D eigenvalue weighted by Gasteiger charge is 2.17. The molecule has 4 rings (SSSR count). The minimum absolute atomic E-state index is 0.117. The second-order valence-corrected chi connectivity index (χ2v) is 5.72. The van der Waals surface area contributed by atoms with E-state index in [4.69, 9.17) is 0 Å². The molecule has 2 N–H and O–H groups in total. The van der Waals surface area contributed by atoms with Gasteiger partial charge in [0.15, 0.2) is 0 Å². The molecule has 2 aromatic carbocycles. The number of rotatable bonds is 2. The summed E-state index contributed by atoms with van der Waals surface area (Å²) < 4.78 is 1.38. The number of hydrogen-bond donors (Lipinski definition) is 2. The van der Waals surface area contributed by atoms with Crippen molar-refractivity contribution in [1.29, 1.82) is 0 Å². The van der Waals surface area contributed by atoms with E-state index in [1.807, 2.05) is 55.5 Å². The molecule has 118 valence electrons. The van der Waals surface area contributed by atoms with Crippen LogP contribution < -0.4 is 5.56 Å². The van der Waals surface area contributed by atoms with Gasteiger partial charge in [-0.1, -0.05) is 35.9 Å². The average molecular weight is 317 g/mol. The van der Waals surface area contributed by atoms with Crippen LogP contribution in [0, 0.1) is 6.92 Å².